The molecule has 78 valence electrons. The summed E-state index contributed by atoms with van der Waals surface area (Å²) in [6.07, 6.45) is 6.81. The first-order chi connectivity index (χ1) is 7.31. The average molecular weight is 204 g/mol. The number of hydrogen-bond donors (Lipinski definition) is 1. The zero-order chi connectivity index (χ0) is 10.7. The van der Waals surface area contributed by atoms with Gasteiger partial charge in [0.15, 0.2) is 5.82 Å². The van der Waals surface area contributed by atoms with Crippen LogP contribution in [0.2, 0.25) is 0 Å². The number of aromatic nitrogens is 3. The second-order valence-electron chi connectivity index (χ2n) is 2.97. The van der Waals surface area contributed by atoms with Crippen LogP contribution in [0, 0.1) is 0 Å². The Morgan fingerprint density at radius 3 is 2.87 bits per heavy atom. The van der Waals surface area contributed by atoms with Gasteiger partial charge in [0, 0.05) is 30.5 Å². The first-order valence-corrected chi connectivity index (χ1v) is 4.69. The zero-order valence-corrected chi connectivity index (χ0v) is 8.42. The van der Waals surface area contributed by atoms with Gasteiger partial charge in [-0.3, -0.25) is 0 Å². The summed E-state index contributed by atoms with van der Waals surface area (Å²) >= 11 is 0. The van der Waals surface area contributed by atoms with E-state index >= 15 is 0 Å². The monoisotopic (exact) mass is 204 g/mol. The minimum atomic E-state index is 0.510. The third-order valence-corrected chi connectivity index (χ3v) is 1.89. The van der Waals surface area contributed by atoms with Gasteiger partial charge in [0.1, 0.15) is 0 Å². The van der Waals surface area contributed by atoms with Crippen LogP contribution in [0.4, 0.5) is 5.69 Å². The quantitative estimate of drug-likeness (QED) is 0.817. The van der Waals surface area contributed by atoms with Crippen LogP contribution in [0.15, 0.2) is 30.9 Å². The predicted molar refractivity (Wildman–Crippen MR) is 56.9 cm³/mol. The lowest BCUT2D eigenvalue weighted by molar-refractivity contribution is 0.324. The summed E-state index contributed by atoms with van der Waals surface area (Å²) in [6, 6.07) is 1.80. The predicted octanol–water partition coefficient (Wildman–Crippen LogP) is 1.25. The molecule has 0 aliphatic carbocycles. The molecule has 0 aliphatic rings. The van der Waals surface area contributed by atoms with E-state index in [1.54, 1.807) is 29.2 Å². The molecule has 0 spiro atoms. The van der Waals surface area contributed by atoms with Crippen molar-refractivity contribution in [2.24, 2.45) is 0 Å². The fraction of sp³-hybridized carbons (Fsp3) is 0.200. The van der Waals surface area contributed by atoms with E-state index in [-0.39, 0.29) is 0 Å². The Morgan fingerprint density at radius 2 is 2.20 bits per heavy atom. The minimum Gasteiger partial charge on any atom is -0.475 e. The number of ether oxygens (including phenoxy) is 1. The maximum Gasteiger partial charge on any atom is 0.258 e. The third-order valence-electron chi connectivity index (χ3n) is 1.89. The summed E-state index contributed by atoms with van der Waals surface area (Å²) < 4.78 is 7.15. The number of anilines is 1. The maximum atomic E-state index is 5.63. The van der Waals surface area contributed by atoms with Gasteiger partial charge in [-0.1, -0.05) is 0 Å². The topological polar surface area (TPSA) is 66.0 Å². The smallest absolute Gasteiger partial charge is 0.258 e. The Morgan fingerprint density at radius 1 is 1.40 bits per heavy atom. The van der Waals surface area contributed by atoms with E-state index in [4.69, 9.17) is 10.5 Å². The van der Waals surface area contributed by atoms with Crippen molar-refractivity contribution in [1.82, 2.24) is 14.5 Å². The first kappa shape index (κ1) is 9.51. The molecular formula is C10H12N4O. The number of nitrogen functional groups attached to an aromatic ring is 1. The summed E-state index contributed by atoms with van der Waals surface area (Å²) in [7, 11) is 0. The molecule has 15 heavy (non-hydrogen) atoms. The molecule has 0 aliphatic heterocycles. The molecule has 0 aromatic carbocycles. The molecule has 2 aromatic rings. The van der Waals surface area contributed by atoms with Crippen LogP contribution in [0.3, 0.4) is 0 Å². The molecule has 2 heterocycles. The largest absolute Gasteiger partial charge is 0.475 e. The van der Waals surface area contributed by atoms with Crippen molar-refractivity contribution in [2.45, 2.75) is 6.92 Å². The molecule has 0 radical (unpaired) electrons. The Labute approximate surface area is 87.5 Å². The SMILES string of the molecule is CCOc1nccnc1-n1ccc(N)c1. The van der Waals surface area contributed by atoms with Gasteiger partial charge in [-0.15, -0.1) is 0 Å². The molecule has 0 atom stereocenters. The zero-order valence-electron chi connectivity index (χ0n) is 8.42. The van der Waals surface area contributed by atoms with Crippen molar-refractivity contribution < 1.29 is 4.74 Å². The highest BCUT2D eigenvalue weighted by Gasteiger charge is 2.07. The molecular weight excluding hydrogens is 192 g/mol. The Balaban J connectivity index is 2.42. The van der Waals surface area contributed by atoms with E-state index in [1.165, 1.54) is 0 Å². The molecule has 0 fully saturated rings. The number of rotatable bonds is 3. The summed E-state index contributed by atoms with van der Waals surface area (Å²) in [5.74, 6) is 1.16. The van der Waals surface area contributed by atoms with E-state index in [9.17, 15) is 0 Å². The minimum absolute atomic E-state index is 0.510. The first-order valence-electron chi connectivity index (χ1n) is 4.69. The van der Waals surface area contributed by atoms with Crippen LogP contribution in [-0.4, -0.2) is 21.1 Å². The van der Waals surface area contributed by atoms with Crippen LogP contribution in [0.1, 0.15) is 6.92 Å². The molecule has 0 unspecified atom stereocenters. The van der Waals surface area contributed by atoms with Gasteiger partial charge >= 0.3 is 0 Å². The molecule has 0 bridgehead atoms. The van der Waals surface area contributed by atoms with E-state index < -0.39 is 0 Å². The van der Waals surface area contributed by atoms with Crippen molar-refractivity contribution >= 4 is 5.69 Å². The second kappa shape index (κ2) is 4.00. The highest BCUT2D eigenvalue weighted by molar-refractivity contribution is 5.42. The Bertz CT molecular complexity index is 452. The molecule has 5 nitrogen and oxygen atoms in total. The fourth-order valence-corrected chi connectivity index (χ4v) is 1.28. The van der Waals surface area contributed by atoms with Crippen LogP contribution in [-0.2, 0) is 0 Å². The van der Waals surface area contributed by atoms with Crippen LogP contribution in [0.25, 0.3) is 5.82 Å². The highest BCUT2D eigenvalue weighted by Crippen LogP contribution is 2.18. The van der Waals surface area contributed by atoms with Crippen LogP contribution >= 0.6 is 0 Å². The maximum absolute atomic E-state index is 5.63. The number of hydrogen-bond acceptors (Lipinski definition) is 4. The molecule has 2 N–H and O–H groups in total. The summed E-state index contributed by atoms with van der Waals surface area (Å²) in [5.41, 5.74) is 6.31. The van der Waals surface area contributed by atoms with Crippen molar-refractivity contribution in [3.63, 3.8) is 0 Å². The Kier molecular flexibility index (Phi) is 2.53. The second-order valence-corrected chi connectivity index (χ2v) is 2.97. The molecule has 2 rings (SSSR count). The fourth-order valence-electron chi connectivity index (χ4n) is 1.28. The summed E-state index contributed by atoms with van der Waals surface area (Å²) in [4.78, 5) is 8.31. The van der Waals surface area contributed by atoms with E-state index in [1.807, 2.05) is 13.1 Å². The highest BCUT2D eigenvalue weighted by atomic mass is 16.5. The van der Waals surface area contributed by atoms with E-state index in [2.05, 4.69) is 9.97 Å². The van der Waals surface area contributed by atoms with Gasteiger partial charge in [0.2, 0.25) is 0 Å². The number of nitrogens with zero attached hydrogens (tertiary/aromatic N) is 3. The lowest BCUT2D eigenvalue weighted by Crippen LogP contribution is -2.03. The standard InChI is InChI=1S/C10H12N4O/c1-2-15-10-9(12-4-5-13-10)14-6-3-8(11)7-14/h3-7H,2,11H2,1H3. The third kappa shape index (κ3) is 1.90. The summed E-state index contributed by atoms with van der Waals surface area (Å²) in [5, 5.41) is 0. The van der Waals surface area contributed by atoms with Crippen LogP contribution < -0.4 is 10.5 Å². The number of nitrogens with two attached hydrogens (primary N) is 1. The van der Waals surface area contributed by atoms with Gasteiger partial charge in [-0.05, 0) is 13.0 Å². The molecule has 2 aromatic heterocycles. The molecule has 0 amide bonds. The van der Waals surface area contributed by atoms with Crippen molar-refractivity contribution in [3.8, 4) is 11.7 Å². The van der Waals surface area contributed by atoms with Gasteiger partial charge in [0.25, 0.3) is 5.88 Å². The van der Waals surface area contributed by atoms with Crippen molar-refractivity contribution in [1.29, 1.82) is 0 Å². The normalized spacial score (nSPS) is 10.2. The van der Waals surface area contributed by atoms with Gasteiger partial charge < -0.3 is 15.0 Å². The summed E-state index contributed by atoms with van der Waals surface area (Å²) in [6.45, 7) is 2.46. The van der Waals surface area contributed by atoms with E-state index in [0.717, 1.165) is 0 Å². The average Bonchev–Trinajstić information content (AvgIpc) is 2.66. The lowest BCUT2D eigenvalue weighted by atomic mass is 10.6. The lowest BCUT2D eigenvalue weighted by Gasteiger charge is -2.07. The van der Waals surface area contributed by atoms with E-state index in [0.29, 0.717) is 24.0 Å². The van der Waals surface area contributed by atoms with Gasteiger partial charge in [-0.25, -0.2) is 9.97 Å². The van der Waals surface area contributed by atoms with Crippen molar-refractivity contribution in [2.75, 3.05) is 12.3 Å². The van der Waals surface area contributed by atoms with Crippen molar-refractivity contribution in [3.05, 3.63) is 30.9 Å². The van der Waals surface area contributed by atoms with Gasteiger partial charge in [-0.2, -0.15) is 0 Å². The Hall–Kier alpha value is -2.04. The molecule has 0 saturated carbocycles. The molecule has 5 heteroatoms. The van der Waals surface area contributed by atoms with Gasteiger partial charge in [0.05, 0.1) is 6.61 Å². The van der Waals surface area contributed by atoms with Crippen LogP contribution in [0.5, 0.6) is 5.88 Å². The molecule has 0 saturated heterocycles.